The van der Waals surface area contributed by atoms with Crippen molar-refractivity contribution in [2.75, 3.05) is 5.75 Å². The lowest BCUT2D eigenvalue weighted by molar-refractivity contribution is -0.151. The number of carboxylic acid groups (broad SMARTS) is 1. The van der Waals surface area contributed by atoms with Crippen molar-refractivity contribution in [3.8, 4) is 0 Å². The van der Waals surface area contributed by atoms with Crippen LogP contribution < -0.4 is 5.32 Å². The van der Waals surface area contributed by atoms with Crippen LogP contribution in [0.25, 0.3) is 0 Å². The molecule has 0 saturated carbocycles. The van der Waals surface area contributed by atoms with Crippen LogP contribution in [0, 0.1) is 6.92 Å². The van der Waals surface area contributed by atoms with Gasteiger partial charge < -0.3 is 14.6 Å². The molecule has 1 aromatic carbocycles. The second-order valence-electron chi connectivity index (χ2n) is 7.14. The summed E-state index contributed by atoms with van der Waals surface area (Å²) in [5.74, 6) is -2.89. The van der Waals surface area contributed by atoms with E-state index in [4.69, 9.17) is 4.18 Å². The molecule has 2 aliphatic heterocycles. The fraction of sp³-hybridized carbons (Fsp3) is 0.250. The van der Waals surface area contributed by atoms with Gasteiger partial charge in [-0.3, -0.25) is 14.5 Å². The Labute approximate surface area is 192 Å². The number of nitrogens with zero attached hydrogens (tertiary/aromatic N) is 1. The standard InChI is InChI=1S/C20H18N2O7S3/c1-11-4-6-13(7-5-11)32(27,28)29-14-10-31-19-16(18(24)22(19)17(14)20(25)26)21-15(23)9-12-3-2-8-30-12/h2-8,16,19H,9-10H2,1H3,(H,21,23)(H,25,26)/t16?,19-/m1/s1. The van der Waals surface area contributed by atoms with E-state index >= 15 is 0 Å². The fourth-order valence-corrected chi connectivity index (χ4v) is 6.34. The minimum atomic E-state index is -4.28. The average Bonchev–Trinajstić information content (AvgIpc) is 3.24. The zero-order valence-electron chi connectivity index (χ0n) is 16.7. The zero-order chi connectivity index (χ0) is 23.0. The highest BCUT2D eigenvalue weighted by molar-refractivity contribution is 8.00. The molecule has 2 N–H and O–H groups in total. The molecular formula is C20H18N2O7S3. The third kappa shape index (κ3) is 4.25. The summed E-state index contributed by atoms with van der Waals surface area (Å²) < 4.78 is 30.4. The van der Waals surface area contributed by atoms with Crippen molar-refractivity contribution in [1.82, 2.24) is 10.2 Å². The van der Waals surface area contributed by atoms with Gasteiger partial charge in [0.05, 0.1) is 12.2 Å². The van der Waals surface area contributed by atoms with E-state index in [0.29, 0.717) is 0 Å². The van der Waals surface area contributed by atoms with E-state index in [-0.39, 0.29) is 28.7 Å². The number of nitrogens with one attached hydrogen (secondary N) is 1. The van der Waals surface area contributed by atoms with Gasteiger partial charge in [0, 0.05) is 4.88 Å². The topological polar surface area (TPSA) is 130 Å². The number of aryl methyl sites for hydroxylation is 1. The number of aliphatic carboxylic acids is 1. The monoisotopic (exact) mass is 494 g/mol. The van der Waals surface area contributed by atoms with Crippen LogP contribution in [0.5, 0.6) is 0 Å². The van der Waals surface area contributed by atoms with Crippen LogP contribution in [0.15, 0.2) is 58.1 Å². The quantitative estimate of drug-likeness (QED) is 0.439. The van der Waals surface area contributed by atoms with Crippen LogP contribution in [-0.2, 0) is 35.1 Å². The molecule has 1 saturated heterocycles. The lowest BCUT2D eigenvalue weighted by atomic mass is 10.0. The van der Waals surface area contributed by atoms with E-state index in [2.05, 4.69) is 5.32 Å². The Morgan fingerprint density at radius 2 is 1.97 bits per heavy atom. The Bertz CT molecular complexity index is 1200. The number of carbonyl (C=O) groups excluding carboxylic acids is 2. The summed E-state index contributed by atoms with van der Waals surface area (Å²) in [5.41, 5.74) is 0.321. The van der Waals surface area contributed by atoms with Gasteiger partial charge >= 0.3 is 16.1 Å². The minimum Gasteiger partial charge on any atom is -0.476 e. The molecule has 168 valence electrons. The number of rotatable bonds is 7. The number of thioether (sulfide) groups is 1. The molecule has 2 aromatic rings. The van der Waals surface area contributed by atoms with E-state index in [1.165, 1.54) is 23.5 Å². The normalized spacial score (nSPS) is 20.4. The van der Waals surface area contributed by atoms with Crippen molar-refractivity contribution in [2.24, 2.45) is 0 Å². The molecule has 1 fully saturated rings. The Balaban J connectivity index is 1.52. The van der Waals surface area contributed by atoms with E-state index in [0.717, 1.165) is 27.1 Å². The van der Waals surface area contributed by atoms with E-state index < -0.39 is 39.1 Å². The Morgan fingerprint density at radius 1 is 1.25 bits per heavy atom. The molecule has 0 bridgehead atoms. The number of fused-ring (bicyclic) bond motifs is 1. The predicted octanol–water partition coefficient (Wildman–Crippen LogP) is 1.70. The summed E-state index contributed by atoms with van der Waals surface area (Å²) >= 11 is 2.54. The number of carbonyl (C=O) groups is 3. The molecule has 1 aromatic heterocycles. The second-order valence-corrected chi connectivity index (χ2v) is 10.8. The zero-order valence-corrected chi connectivity index (χ0v) is 19.1. The first kappa shape index (κ1) is 22.4. The van der Waals surface area contributed by atoms with Crippen molar-refractivity contribution < 1.29 is 32.1 Å². The van der Waals surface area contributed by atoms with Gasteiger partial charge in [0.15, 0.2) is 11.5 Å². The first-order valence-corrected chi connectivity index (χ1v) is 12.7. The summed E-state index contributed by atoms with van der Waals surface area (Å²) in [6, 6.07) is 8.64. The van der Waals surface area contributed by atoms with Gasteiger partial charge in [-0.1, -0.05) is 23.8 Å². The van der Waals surface area contributed by atoms with Crippen LogP contribution in [0.3, 0.4) is 0 Å². The van der Waals surface area contributed by atoms with Gasteiger partial charge in [-0.2, -0.15) is 8.42 Å². The molecule has 32 heavy (non-hydrogen) atoms. The van der Waals surface area contributed by atoms with Gasteiger partial charge in [-0.25, -0.2) is 4.79 Å². The van der Waals surface area contributed by atoms with Gasteiger partial charge in [0.1, 0.15) is 16.3 Å². The van der Waals surface area contributed by atoms with Gasteiger partial charge in [-0.05, 0) is 30.5 Å². The Hall–Kier alpha value is -2.83. The number of hydrogen-bond donors (Lipinski definition) is 2. The molecule has 9 nitrogen and oxygen atoms in total. The third-order valence-electron chi connectivity index (χ3n) is 4.89. The maximum absolute atomic E-state index is 12.7. The number of amides is 2. The SMILES string of the molecule is Cc1ccc(S(=O)(=O)OC2=C(C(=O)O)N3C(=O)C(NC(=O)Cc4cccs4)[C@H]3SC2)cc1. The molecule has 4 rings (SSSR count). The number of hydrogen-bond acceptors (Lipinski definition) is 8. The molecule has 2 aliphatic rings. The van der Waals surface area contributed by atoms with Gasteiger partial charge in [0.25, 0.3) is 5.91 Å². The molecule has 1 unspecified atom stereocenters. The fourth-order valence-electron chi connectivity index (χ4n) is 3.34. The molecule has 3 heterocycles. The number of carboxylic acids is 1. The summed E-state index contributed by atoms with van der Waals surface area (Å²) in [4.78, 5) is 38.5. The van der Waals surface area contributed by atoms with Crippen LogP contribution in [0.2, 0.25) is 0 Å². The summed E-state index contributed by atoms with van der Waals surface area (Å²) in [5, 5.41) is 13.5. The van der Waals surface area contributed by atoms with Crippen LogP contribution >= 0.6 is 23.1 Å². The molecule has 0 spiro atoms. The second kappa shape index (κ2) is 8.60. The Kier molecular flexibility index (Phi) is 6.01. The molecule has 2 atom stereocenters. The van der Waals surface area contributed by atoms with Gasteiger partial charge in [-0.15, -0.1) is 23.1 Å². The van der Waals surface area contributed by atoms with Crippen molar-refractivity contribution in [3.05, 3.63) is 63.7 Å². The van der Waals surface area contributed by atoms with E-state index in [1.54, 1.807) is 25.1 Å². The molecule has 0 radical (unpaired) electrons. The Morgan fingerprint density at radius 3 is 2.59 bits per heavy atom. The maximum atomic E-state index is 12.7. The van der Waals surface area contributed by atoms with Crippen LogP contribution in [0.4, 0.5) is 0 Å². The van der Waals surface area contributed by atoms with Gasteiger partial charge in [0.2, 0.25) is 5.91 Å². The largest absolute Gasteiger partial charge is 0.476 e. The molecule has 0 aliphatic carbocycles. The number of β-lactam (4-membered cyclic amide) rings is 1. The maximum Gasteiger partial charge on any atom is 0.356 e. The smallest absolute Gasteiger partial charge is 0.356 e. The van der Waals surface area contributed by atoms with Crippen molar-refractivity contribution >= 4 is 51.0 Å². The highest BCUT2D eigenvalue weighted by atomic mass is 32.2. The van der Waals surface area contributed by atoms with Crippen LogP contribution in [0.1, 0.15) is 10.4 Å². The van der Waals surface area contributed by atoms with E-state index in [1.807, 2.05) is 11.4 Å². The summed E-state index contributed by atoms with van der Waals surface area (Å²) in [6.07, 6.45) is 0.115. The molecule has 2 amide bonds. The highest BCUT2D eigenvalue weighted by Crippen LogP contribution is 2.41. The number of thiophene rings is 1. The van der Waals surface area contributed by atoms with Crippen molar-refractivity contribution in [1.29, 1.82) is 0 Å². The first-order valence-electron chi connectivity index (χ1n) is 9.41. The number of benzene rings is 1. The summed E-state index contributed by atoms with van der Waals surface area (Å²) in [7, 11) is -4.28. The minimum absolute atomic E-state index is 0.0849. The lowest BCUT2D eigenvalue weighted by Crippen LogP contribution is -2.70. The molecule has 12 heteroatoms. The first-order chi connectivity index (χ1) is 15.2. The van der Waals surface area contributed by atoms with Crippen molar-refractivity contribution in [3.63, 3.8) is 0 Å². The molecular weight excluding hydrogens is 476 g/mol. The van der Waals surface area contributed by atoms with E-state index in [9.17, 15) is 27.9 Å². The summed E-state index contributed by atoms with van der Waals surface area (Å²) in [6.45, 7) is 1.80. The predicted molar refractivity (Wildman–Crippen MR) is 117 cm³/mol. The van der Waals surface area contributed by atoms with Crippen molar-refractivity contribution in [2.45, 2.75) is 29.7 Å². The highest BCUT2D eigenvalue weighted by Gasteiger charge is 2.55. The lowest BCUT2D eigenvalue weighted by Gasteiger charge is -2.48. The van der Waals surface area contributed by atoms with Crippen LogP contribution in [-0.4, -0.2) is 53.4 Å². The average molecular weight is 495 g/mol. The third-order valence-corrected chi connectivity index (χ3v) is 8.29.